The van der Waals surface area contributed by atoms with Gasteiger partial charge < -0.3 is 10.5 Å². The van der Waals surface area contributed by atoms with E-state index in [1.165, 1.54) is 18.2 Å². The summed E-state index contributed by atoms with van der Waals surface area (Å²) in [5.41, 5.74) is 6.09. The lowest BCUT2D eigenvalue weighted by Gasteiger charge is -2.18. The molecule has 0 heterocycles. The highest BCUT2D eigenvalue weighted by molar-refractivity contribution is 6.30. The predicted octanol–water partition coefficient (Wildman–Crippen LogP) is 3.97. The third kappa shape index (κ3) is 3.46. The van der Waals surface area contributed by atoms with E-state index in [-0.39, 0.29) is 17.9 Å². The third-order valence-corrected chi connectivity index (χ3v) is 3.09. The lowest BCUT2D eigenvalue weighted by Crippen LogP contribution is -2.23. The van der Waals surface area contributed by atoms with Crippen LogP contribution in [0.4, 0.5) is 8.78 Å². The van der Waals surface area contributed by atoms with Crippen molar-refractivity contribution >= 4 is 11.6 Å². The zero-order chi connectivity index (χ0) is 14.6. The first-order chi connectivity index (χ1) is 9.53. The summed E-state index contributed by atoms with van der Waals surface area (Å²) in [6.45, 7) is -0.562. The van der Waals surface area contributed by atoms with Gasteiger partial charge in [0.1, 0.15) is 5.75 Å². The summed E-state index contributed by atoms with van der Waals surface area (Å²) in [7, 11) is 0. The summed E-state index contributed by atoms with van der Waals surface area (Å²) in [4.78, 5) is 0. The molecule has 2 rings (SSSR count). The topological polar surface area (TPSA) is 35.2 Å². The molecule has 0 aliphatic carbocycles. The Balaban J connectivity index is 2.14. The Kier molecular flexibility index (Phi) is 4.57. The Bertz CT molecular complexity index is 575. The summed E-state index contributed by atoms with van der Waals surface area (Å²) < 4.78 is 33.2. The van der Waals surface area contributed by atoms with E-state index in [9.17, 15) is 8.78 Å². The van der Waals surface area contributed by atoms with Crippen molar-refractivity contribution in [3.05, 3.63) is 64.7 Å². The standard InChI is InChI=1S/C15H14ClF2NO/c16-13-7-6-11(9-19)14(8-13)20-10-15(17,18)12-4-2-1-3-5-12/h1-8H,9-10,19H2. The van der Waals surface area contributed by atoms with Crippen molar-refractivity contribution in [3.8, 4) is 5.75 Å². The number of rotatable bonds is 5. The molecular weight excluding hydrogens is 284 g/mol. The fourth-order valence-corrected chi connectivity index (χ4v) is 1.93. The minimum absolute atomic E-state index is 0.0867. The summed E-state index contributed by atoms with van der Waals surface area (Å²) in [5.74, 6) is -2.79. The van der Waals surface area contributed by atoms with Gasteiger partial charge in [0.05, 0.1) is 0 Å². The summed E-state index contributed by atoms with van der Waals surface area (Å²) in [6.07, 6.45) is 0. The molecule has 106 valence electrons. The molecule has 2 nitrogen and oxygen atoms in total. The van der Waals surface area contributed by atoms with Gasteiger partial charge in [0.25, 0.3) is 0 Å². The van der Waals surface area contributed by atoms with Crippen molar-refractivity contribution in [2.24, 2.45) is 5.73 Å². The number of nitrogens with two attached hydrogens (primary N) is 1. The second-order valence-electron chi connectivity index (χ2n) is 4.32. The third-order valence-electron chi connectivity index (χ3n) is 2.85. The lowest BCUT2D eigenvalue weighted by atomic mass is 10.1. The van der Waals surface area contributed by atoms with Crippen LogP contribution in [0.25, 0.3) is 0 Å². The molecule has 0 bridgehead atoms. The maximum atomic E-state index is 14.0. The van der Waals surface area contributed by atoms with Crippen molar-refractivity contribution in [2.45, 2.75) is 12.5 Å². The van der Waals surface area contributed by atoms with Gasteiger partial charge >= 0.3 is 5.92 Å². The highest BCUT2D eigenvalue weighted by Gasteiger charge is 2.32. The van der Waals surface area contributed by atoms with Gasteiger partial charge in [0, 0.05) is 22.7 Å². The molecule has 0 aliphatic rings. The van der Waals surface area contributed by atoms with Crippen LogP contribution in [-0.4, -0.2) is 6.61 Å². The highest BCUT2D eigenvalue weighted by Crippen LogP contribution is 2.30. The zero-order valence-corrected chi connectivity index (χ0v) is 11.4. The molecule has 2 aromatic rings. The SMILES string of the molecule is NCc1ccc(Cl)cc1OCC(F)(F)c1ccccc1. The molecule has 0 aromatic heterocycles. The predicted molar refractivity (Wildman–Crippen MR) is 75.2 cm³/mol. The number of hydrogen-bond donors (Lipinski definition) is 1. The smallest absolute Gasteiger partial charge is 0.306 e. The van der Waals surface area contributed by atoms with Crippen molar-refractivity contribution in [3.63, 3.8) is 0 Å². The van der Waals surface area contributed by atoms with E-state index in [1.807, 2.05) is 0 Å². The van der Waals surface area contributed by atoms with Gasteiger partial charge in [-0.25, -0.2) is 0 Å². The van der Waals surface area contributed by atoms with Gasteiger partial charge in [-0.05, 0) is 12.1 Å². The fourth-order valence-electron chi connectivity index (χ4n) is 1.77. The minimum atomic E-state index is -3.07. The van der Waals surface area contributed by atoms with Crippen LogP contribution in [0, 0.1) is 0 Å². The van der Waals surface area contributed by atoms with E-state index in [0.29, 0.717) is 10.6 Å². The van der Waals surface area contributed by atoms with Gasteiger partial charge in [-0.1, -0.05) is 48.0 Å². The highest BCUT2D eigenvalue weighted by atomic mass is 35.5. The maximum Gasteiger partial charge on any atom is 0.306 e. The average molecular weight is 298 g/mol. The minimum Gasteiger partial charge on any atom is -0.487 e. The van der Waals surface area contributed by atoms with Crippen molar-refractivity contribution in [2.75, 3.05) is 6.61 Å². The molecule has 2 N–H and O–H groups in total. The van der Waals surface area contributed by atoms with E-state index >= 15 is 0 Å². The van der Waals surface area contributed by atoms with E-state index in [0.717, 1.165) is 0 Å². The Morgan fingerprint density at radius 3 is 2.45 bits per heavy atom. The van der Waals surface area contributed by atoms with Crippen LogP contribution in [-0.2, 0) is 12.5 Å². The molecule has 0 saturated carbocycles. The lowest BCUT2D eigenvalue weighted by molar-refractivity contribution is -0.0469. The van der Waals surface area contributed by atoms with Crippen LogP contribution < -0.4 is 10.5 Å². The van der Waals surface area contributed by atoms with E-state index in [2.05, 4.69) is 0 Å². The quantitative estimate of drug-likeness (QED) is 0.906. The van der Waals surface area contributed by atoms with Gasteiger partial charge in [0.15, 0.2) is 6.61 Å². The van der Waals surface area contributed by atoms with Crippen LogP contribution in [0.5, 0.6) is 5.75 Å². The van der Waals surface area contributed by atoms with Crippen molar-refractivity contribution in [1.29, 1.82) is 0 Å². The van der Waals surface area contributed by atoms with Crippen LogP contribution >= 0.6 is 11.6 Å². The Hall–Kier alpha value is -1.65. The van der Waals surface area contributed by atoms with Gasteiger partial charge in [-0.3, -0.25) is 0 Å². The molecule has 20 heavy (non-hydrogen) atoms. The number of benzene rings is 2. The van der Waals surface area contributed by atoms with E-state index in [1.54, 1.807) is 30.3 Å². The molecule has 0 saturated heterocycles. The monoisotopic (exact) mass is 297 g/mol. The fraction of sp³-hybridized carbons (Fsp3) is 0.200. The number of halogens is 3. The molecule has 0 aliphatic heterocycles. The number of hydrogen-bond acceptors (Lipinski definition) is 2. The first kappa shape index (κ1) is 14.8. The molecular formula is C15H14ClF2NO. The van der Waals surface area contributed by atoms with Gasteiger partial charge in [-0.15, -0.1) is 0 Å². The van der Waals surface area contributed by atoms with Gasteiger partial charge in [0.2, 0.25) is 0 Å². The molecule has 0 atom stereocenters. The Morgan fingerprint density at radius 2 is 1.80 bits per heavy atom. The van der Waals surface area contributed by atoms with Crippen LogP contribution in [0.15, 0.2) is 48.5 Å². The molecule has 0 spiro atoms. The molecule has 0 amide bonds. The largest absolute Gasteiger partial charge is 0.487 e. The first-order valence-corrected chi connectivity index (χ1v) is 6.45. The first-order valence-electron chi connectivity index (χ1n) is 6.07. The van der Waals surface area contributed by atoms with Gasteiger partial charge in [-0.2, -0.15) is 8.78 Å². The molecule has 0 unspecified atom stereocenters. The van der Waals surface area contributed by atoms with Crippen LogP contribution in [0.1, 0.15) is 11.1 Å². The Morgan fingerprint density at radius 1 is 1.10 bits per heavy atom. The molecule has 0 radical (unpaired) electrons. The summed E-state index contributed by atoms with van der Waals surface area (Å²) in [6, 6.07) is 12.3. The van der Waals surface area contributed by atoms with Crippen LogP contribution in [0.2, 0.25) is 5.02 Å². The second-order valence-corrected chi connectivity index (χ2v) is 4.75. The maximum absolute atomic E-state index is 14.0. The number of alkyl halides is 2. The van der Waals surface area contributed by atoms with Crippen molar-refractivity contribution in [1.82, 2.24) is 0 Å². The Labute approximate surface area is 121 Å². The molecule has 5 heteroatoms. The van der Waals surface area contributed by atoms with E-state index < -0.39 is 12.5 Å². The zero-order valence-electron chi connectivity index (χ0n) is 10.7. The second kappa shape index (κ2) is 6.20. The summed E-state index contributed by atoms with van der Waals surface area (Å²) in [5, 5.41) is 0.417. The molecule has 0 fully saturated rings. The average Bonchev–Trinajstić information content (AvgIpc) is 2.46. The normalized spacial score (nSPS) is 11.4. The van der Waals surface area contributed by atoms with Crippen LogP contribution in [0.3, 0.4) is 0 Å². The summed E-state index contributed by atoms with van der Waals surface area (Å²) >= 11 is 5.83. The van der Waals surface area contributed by atoms with Crippen molar-refractivity contribution < 1.29 is 13.5 Å². The van der Waals surface area contributed by atoms with E-state index in [4.69, 9.17) is 22.1 Å². The number of ether oxygens (including phenoxy) is 1. The molecule has 2 aromatic carbocycles.